The molecule has 0 bridgehead atoms. The van der Waals surface area contributed by atoms with Crippen molar-refractivity contribution in [2.45, 2.75) is 0 Å². The highest BCUT2D eigenvalue weighted by atomic mass is 16.2. The highest BCUT2D eigenvalue weighted by Gasteiger charge is 2.41. The maximum absolute atomic E-state index is 15.3. The summed E-state index contributed by atoms with van der Waals surface area (Å²) in [4.78, 5) is 31.5. The maximum atomic E-state index is 15.3. The van der Waals surface area contributed by atoms with Gasteiger partial charge in [0.05, 0.1) is 56.8 Å². The number of carbonyl (C=O) groups excluding carboxylic acids is 2. The summed E-state index contributed by atoms with van der Waals surface area (Å²) in [5.74, 6) is -0.838. The highest BCUT2D eigenvalue weighted by molar-refractivity contribution is 6.37. The van der Waals surface area contributed by atoms with Crippen molar-refractivity contribution in [3.05, 3.63) is 204 Å². The zero-order chi connectivity index (χ0) is 39.3. The molecule has 0 saturated carbocycles. The van der Waals surface area contributed by atoms with Crippen LogP contribution >= 0.6 is 0 Å². The Kier molecular flexibility index (Phi) is 8.11. The van der Waals surface area contributed by atoms with Crippen LogP contribution in [0.1, 0.15) is 31.8 Å². The van der Waals surface area contributed by atoms with Gasteiger partial charge in [-0.05, 0) is 70.3 Å². The molecule has 1 aromatic heterocycles. The minimum Gasteiger partial charge on any atom is -0.307 e. The van der Waals surface area contributed by atoms with Crippen molar-refractivity contribution in [2.24, 2.45) is 0 Å². The average Bonchev–Trinajstić information content (AvgIpc) is 3.77. The van der Waals surface area contributed by atoms with Crippen molar-refractivity contribution in [3.63, 3.8) is 0 Å². The van der Waals surface area contributed by atoms with Gasteiger partial charge in [-0.1, -0.05) is 140 Å². The summed E-state index contributed by atoms with van der Waals surface area (Å²) in [6.07, 6.45) is 0. The van der Waals surface area contributed by atoms with E-state index in [0.29, 0.717) is 28.1 Å². The molecule has 10 rings (SSSR count). The molecular formula is C52H30N4O2. The third kappa shape index (κ3) is 5.33. The van der Waals surface area contributed by atoms with Crippen LogP contribution in [0.15, 0.2) is 182 Å². The van der Waals surface area contributed by atoms with Crippen molar-refractivity contribution in [1.29, 1.82) is 10.5 Å². The normalized spacial score (nSPS) is 12.1. The first kappa shape index (κ1) is 34.2. The van der Waals surface area contributed by atoms with Crippen molar-refractivity contribution < 1.29 is 9.59 Å². The van der Waals surface area contributed by atoms with E-state index in [9.17, 15) is 15.3 Å². The van der Waals surface area contributed by atoms with Gasteiger partial charge in [0.1, 0.15) is 0 Å². The summed E-state index contributed by atoms with van der Waals surface area (Å²) in [6.45, 7) is 0. The molecule has 270 valence electrons. The molecule has 58 heavy (non-hydrogen) atoms. The fourth-order valence-corrected chi connectivity index (χ4v) is 8.50. The quantitative estimate of drug-likeness (QED) is 0.159. The molecule has 0 radical (unpaired) electrons. The van der Waals surface area contributed by atoms with Gasteiger partial charge in [0.15, 0.2) is 0 Å². The number of nitrogens with zero attached hydrogens (tertiary/aromatic N) is 4. The standard InChI is InChI=1S/C52H30N4O2/c53-31-33-13-7-19-37(29-33)40-22-9-24-42-43-25-10-23-41(38-20-8-14-34(30-38)32-54)50(43)55(49(40)42)46-28-12-26-44-48(46)52(58)56(51(44)57)45-27-11-21-39(35-15-3-1-4-16-35)47(45)36-17-5-2-6-18-36/h1-30H. The van der Waals surface area contributed by atoms with Crippen molar-refractivity contribution in [1.82, 2.24) is 4.57 Å². The number of hydrogen-bond acceptors (Lipinski definition) is 4. The van der Waals surface area contributed by atoms with E-state index in [-0.39, 0.29) is 5.56 Å². The van der Waals surface area contributed by atoms with Crippen molar-refractivity contribution in [2.75, 3.05) is 4.90 Å². The zero-order valence-electron chi connectivity index (χ0n) is 30.9. The molecule has 9 aromatic rings. The second-order valence-electron chi connectivity index (χ2n) is 14.2. The lowest BCUT2D eigenvalue weighted by molar-refractivity contribution is 0.0926. The number of carbonyl (C=O) groups is 2. The summed E-state index contributed by atoms with van der Waals surface area (Å²) in [7, 11) is 0. The van der Waals surface area contributed by atoms with Crippen LogP contribution in [-0.2, 0) is 0 Å². The monoisotopic (exact) mass is 742 g/mol. The second-order valence-corrected chi connectivity index (χ2v) is 14.2. The van der Waals surface area contributed by atoms with E-state index in [1.165, 1.54) is 4.90 Å². The lowest BCUT2D eigenvalue weighted by Gasteiger charge is -2.22. The molecule has 0 unspecified atom stereocenters. The van der Waals surface area contributed by atoms with Crippen LogP contribution < -0.4 is 4.90 Å². The summed E-state index contributed by atoms with van der Waals surface area (Å²) in [5.41, 5.74) is 11.2. The van der Waals surface area contributed by atoms with Gasteiger partial charge in [0, 0.05) is 27.5 Å². The van der Waals surface area contributed by atoms with Crippen LogP contribution in [0.2, 0.25) is 0 Å². The predicted molar refractivity (Wildman–Crippen MR) is 230 cm³/mol. The first-order valence-corrected chi connectivity index (χ1v) is 18.9. The SMILES string of the molecule is N#Cc1cccc(-c2cccc3c4cccc(-c5cccc(C#N)c5)c4n(-c4cccc5c4C(=O)N(c4cccc(-c6ccccc6)c4-c4ccccc4)C5=O)c23)c1. The van der Waals surface area contributed by atoms with E-state index < -0.39 is 11.8 Å². The van der Waals surface area contributed by atoms with Crippen LogP contribution in [0.25, 0.3) is 72.0 Å². The third-order valence-corrected chi connectivity index (χ3v) is 11.0. The minimum absolute atomic E-state index is 0.289. The Morgan fingerprint density at radius 3 is 1.41 bits per heavy atom. The first-order chi connectivity index (χ1) is 28.6. The van der Waals surface area contributed by atoms with Gasteiger partial charge in [-0.25, -0.2) is 4.90 Å². The van der Waals surface area contributed by atoms with Gasteiger partial charge >= 0.3 is 0 Å². The van der Waals surface area contributed by atoms with Crippen LogP contribution in [0.3, 0.4) is 0 Å². The number of nitriles is 2. The van der Waals surface area contributed by atoms with Gasteiger partial charge in [0.25, 0.3) is 11.8 Å². The molecule has 0 atom stereocenters. The number of imide groups is 1. The number of fused-ring (bicyclic) bond motifs is 4. The van der Waals surface area contributed by atoms with Gasteiger partial charge in [-0.15, -0.1) is 0 Å². The van der Waals surface area contributed by atoms with Gasteiger partial charge in [-0.3, -0.25) is 9.59 Å². The molecular weight excluding hydrogens is 713 g/mol. The number of benzene rings is 8. The molecule has 0 aliphatic carbocycles. The molecule has 6 heteroatoms. The van der Waals surface area contributed by atoms with E-state index in [1.807, 2.05) is 152 Å². The predicted octanol–water partition coefficient (Wildman–Crippen LogP) is 12.0. The second kappa shape index (κ2) is 13.8. The Hall–Kier alpha value is -8.32. The van der Waals surface area contributed by atoms with Crippen molar-refractivity contribution in [3.8, 4) is 62.3 Å². The van der Waals surface area contributed by atoms with Crippen LogP contribution in [-0.4, -0.2) is 16.4 Å². The molecule has 2 amide bonds. The molecule has 6 nitrogen and oxygen atoms in total. The van der Waals surface area contributed by atoms with Crippen LogP contribution in [0.4, 0.5) is 5.69 Å². The number of hydrogen-bond donors (Lipinski definition) is 0. The molecule has 0 fully saturated rings. The Balaban J connectivity index is 1.27. The van der Waals surface area contributed by atoms with Crippen LogP contribution in [0, 0.1) is 22.7 Å². The Morgan fingerprint density at radius 1 is 0.379 bits per heavy atom. The molecule has 0 saturated heterocycles. The molecule has 2 heterocycles. The number of rotatable bonds is 6. The molecule has 0 N–H and O–H groups in total. The van der Waals surface area contributed by atoms with E-state index >= 15 is 4.79 Å². The third-order valence-electron chi connectivity index (χ3n) is 11.0. The lowest BCUT2D eigenvalue weighted by atomic mass is 9.92. The van der Waals surface area contributed by atoms with Gasteiger partial charge in [-0.2, -0.15) is 10.5 Å². The van der Waals surface area contributed by atoms with E-state index in [4.69, 9.17) is 0 Å². The molecule has 8 aromatic carbocycles. The smallest absolute Gasteiger partial charge is 0.268 e. The number of aromatic nitrogens is 1. The zero-order valence-corrected chi connectivity index (χ0v) is 30.9. The Morgan fingerprint density at radius 2 is 0.845 bits per heavy atom. The summed E-state index contributed by atoms with van der Waals surface area (Å²) >= 11 is 0. The Bertz CT molecular complexity index is 3130. The van der Waals surface area contributed by atoms with Crippen LogP contribution in [0.5, 0.6) is 0 Å². The topological polar surface area (TPSA) is 89.9 Å². The highest BCUT2D eigenvalue weighted by Crippen LogP contribution is 2.46. The van der Waals surface area contributed by atoms with E-state index in [0.717, 1.165) is 66.3 Å². The summed E-state index contributed by atoms with van der Waals surface area (Å²) < 4.78 is 2.10. The van der Waals surface area contributed by atoms with Crippen molar-refractivity contribution >= 4 is 39.3 Å². The number of para-hydroxylation sites is 2. The number of amides is 2. The fraction of sp³-hybridized carbons (Fsp3) is 0. The molecule has 1 aliphatic rings. The van der Waals surface area contributed by atoms with Gasteiger partial charge < -0.3 is 4.57 Å². The molecule has 0 spiro atoms. The largest absolute Gasteiger partial charge is 0.307 e. The number of anilines is 1. The Labute approximate surface area is 334 Å². The first-order valence-electron chi connectivity index (χ1n) is 18.9. The summed E-state index contributed by atoms with van der Waals surface area (Å²) in [6, 6.07) is 62.7. The maximum Gasteiger partial charge on any atom is 0.268 e. The summed E-state index contributed by atoms with van der Waals surface area (Å²) in [5, 5.41) is 21.6. The lowest BCUT2D eigenvalue weighted by Crippen LogP contribution is -2.30. The fourth-order valence-electron chi connectivity index (χ4n) is 8.50. The average molecular weight is 743 g/mol. The minimum atomic E-state index is -0.430. The van der Waals surface area contributed by atoms with Gasteiger partial charge in [0.2, 0.25) is 0 Å². The molecule has 1 aliphatic heterocycles. The van der Waals surface area contributed by atoms with E-state index in [2.05, 4.69) is 28.8 Å². The van der Waals surface area contributed by atoms with E-state index in [1.54, 1.807) is 18.2 Å².